The standard InChI is InChI=1S/C16H26N2O6/c1-6-11-12(19)13(23-10(4)9(3)22-5)15(24-11)18-7-8(2)14(20)17-16(18)21/h7,9-13,15,19H,6H2,1-5H3,(H,17,20,21)/t9-,10+,11-,12?,13+,15-/m1/s1. The highest BCUT2D eigenvalue weighted by Crippen LogP contribution is 2.33. The van der Waals surface area contributed by atoms with Crippen LogP contribution >= 0.6 is 0 Å². The van der Waals surface area contributed by atoms with Gasteiger partial charge in [-0.1, -0.05) is 6.92 Å². The van der Waals surface area contributed by atoms with E-state index in [0.29, 0.717) is 12.0 Å². The molecule has 1 unspecified atom stereocenters. The number of aromatic nitrogens is 2. The number of aryl methyl sites for hydroxylation is 1. The lowest BCUT2D eigenvalue weighted by atomic mass is 10.1. The zero-order chi connectivity index (χ0) is 18.0. The number of nitrogens with zero attached hydrogens (tertiary/aromatic N) is 1. The molecule has 0 aliphatic carbocycles. The van der Waals surface area contributed by atoms with Crippen molar-refractivity contribution < 1.29 is 19.3 Å². The van der Waals surface area contributed by atoms with Crippen molar-refractivity contribution in [1.82, 2.24) is 9.55 Å². The summed E-state index contributed by atoms with van der Waals surface area (Å²) < 4.78 is 18.3. The summed E-state index contributed by atoms with van der Waals surface area (Å²) in [5, 5.41) is 10.5. The maximum Gasteiger partial charge on any atom is 0.330 e. The third kappa shape index (κ3) is 3.61. The lowest BCUT2D eigenvalue weighted by Crippen LogP contribution is -2.42. The molecule has 0 aromatic carbocycles. The number of hydrogen-bond acceptors (Lipinski definition) is 6. The average Bonchev–Trinajstić information content (AvgIpc) is 2.86. The molecular formula is C16H26N2O6. The van der Waals surface area contributed by atoms with Gasteiger partial charge < -0.3 is 19.3 Å². The number of H-pyrrole nitrogens is 1. The normalized spacial score (nSPS) is 29.6. The molecule has 2 N–H and O–H groups in total. The molecule has 1 aromatic rings. The van der Waals surface area contributed by atoms with E-state index >= 15 is 0 Å². The van der Waals surface area contributed by atoms with Gasteiger partial charge in [0.25, 0.3) is 5.56 Å². The quantitative estimate of drug-likeness (QED) is 0.772. The molecule has 8 heteroatoms. The summed E-state index contributed by atoms with van der Waals surface area (Å²) in [5.41, 5.74) is -0.661. The molecule has 6 atom stereocenters. The van der Waals surface area contributed by atoms with Gasteiger partial charge in [0.2, 0.25) is 0 Å². The molecule has 1 aliphatic rings. The number of hydrogen-bond donors (Lipinski definition) is 2. The number of nitrogens with one attached hydrogen (secondary N) is 1. The van der Waals surface area contributed by atoms with Gasteiger partial charge in [0.05, 0.1) is 18.3 Å². The van der Waals surface area contributed by atoms with Crippen LogP contribution in [0.25, 0.3) is 0 Å². The van der Waals surface area contributed by atoms with Gasteiger partial charge >= 0.3 is 5.69 Å². The van der Waals surface area contributed by atoms with Crippen LogP contribution in [0.3, 0.4) is 0 Å². The summed E-state index contributed by atoms with van der Waals surface area (Å²) in [6, 6.07) is 0. The fraction of sp³-hybridized carbons (Fsp3) is 0.750. The van der Waals surface area contributed by atoms with Crippen LogP contribution in [0, 0.1) is 6.92 Å². The maximum absolute atomic E-state index is 12.2. The Morgan fingerprint density at radius 2 is 2.04 bits per heavy atom. The second kappa shape index (κ2) is 7.60. The summed E-state index contributed by atoms with van der Waals surface area (Å²) in [6.45, 7) is 7.17. The molecule has 136 valence electrons. The molecule has 0 amide bonds. The predicted octanol–water partition coefficient (Wildman–Crippen LogP) is 0.322. The van der Waals surface area contributed by atoms with E-state index in [-0.39, 0.29) is 12.2 Å². The van der Waals surface area contributed by atoms with Gasteiger partial charge in [0.15, 0.2) is 6.23 Å². The van der Waals surface area contributed by atoms with Crippen molar-refractivity contribution in [2.45, 2.75) is 70.9 Å². The van der Waals surface area contributed by atoms with Gasteiger partial charge in [-0.15, -0.1) is 0 Å². The summed E-state index contributed by atoms with van der Waals surface area (Å²) in [6.07, 6.45) is -1.40. The van der Waals surface area contributed by atoms with E-state index in [1.165, 1.54) is 10.8 Å². The molecule has 1 aromatic heterocycles. The van der Waals surface area contributed by atoms with E-state index < -0.39 is 35.8 Å². The molecule has 0 radical (unpaired) electrons. The monoisotopic (exact) mass is 342 g/mol. The Morgan fingerprint density at radius 3 is 2.62 bits per heavy atom. The molecule has 8 nitrogen and oxygen atoms in total. The minimum absolute atomic E-state index is 0.187. The van der Waals surface area contributed by atoms with Crippen LogP contribution in [0.15, 0.2) is 15.8 Å². The second-order valence-corrected chi connectivity index (χ2v) is 6.19. The molecule has 0 saturated carbocycles. The van der Waals surface area contributed by atoms with Crippen molar-refractivity contribution >= 4 is 0 Å². The van der Waals surface area contributed by atoms with Gasteiger partial charge in [0, 0.05) is 18.9 Å². The fourth-order valence-corrected chi connectivity index (χ4v) is 2.75. The number of methoxy groups -OCH3 is 1. The van der Waals surface area contributed by atoms with Crippen molar-refractivity contribution in [3.63, 3.8) is 0 Å². The Labute approximate surface area is 140 Å². The molecular weight excluding hydrogens is 316 g/mol. The molecule has 0 bridgehead atoms. The van der Waals surface area contributed by atoms with Crippen LogP contribution in [-0.4, -0.2) is 52.3 Å². The summed E-state index contributed by atoms with van der Waals surface area (Å²) in [4.78, 5) is 26.0. The maximum atomic E-state index is 12.2. The van der Waals surface area contributed by atoms with Crippen molar-refractivity contribution in [2.24, 2.45) is 0 Å². The van der Waals surface area contributed by atoms with Gasteiger partial charge in [-0.05, 0) is 27.2 Å². The van der Waals surface area contributed by atoms with Crippen molar-refractivity contribution in [1.29, 1.82) is 0 Å². The van der Waals surface area contributed by atoms with E-state index in [1.807, 2.05) is 20.8 Å². The second-order valence-electron chi connectivity index (χ2n) is 6.19. The minimum Gasteiger partial charge on any atom is -0.388 e. The Hall–Kier alpha value is -1.48. The van der Waals surface area contributed by atoms with Crippen LogP contribution in [0.5, 0.6) is 0 Å². The number of rotatable bonds is 6. The van der Waals surface area contributed by atoms with Crippen LogP contribution < -0.4 is 11.2 Å². The van der Waals surface area contributed by atoms with Crippen LogP contribution in [0.1, 0.15) is 39.0 Å². The highest BCUT2D eigenvalue weighted by Gasteiger charge is 2.46. The fourth-order valence-electron chi connectivity index (χ4n) is 2.75. The number of aromatic amines is 1. The SMILES string of the molecule is CC[C@H]1O[C@@H](n2cc(C)c(=O)[nH]c2=O)[C@@H](O[C@@H](C)[C@@H](C)OC)C1O. The van der Waals surface area contributed by atoms with E-state index in [0.717, 1.165) is 0 Å². The Kier molecular flexibility index (Phi) is 5.97. The molecule has 1 fully saturated rings. The molecule has 1 aliphatic heterocycles. The topological polar surface area (TPSA) is 103 Å². The van der Waals surface area contributed by atoms with Gasteiger partial charge in [-0.2, -0.15) is 0 Å². The first-order valence-corrected chi connectivity index (χ1v) is 8.14. The third-order valence-corrected chi connectivity index (χ3v) is 4.54. The molecule has 24 heavy (non-hydrogen) atoms. The van der Waals surface area contributed by atoms with E-state index in [2.05, 4.69) is 4.98 Å². The lowest BCUT2D eigenvalue weighted by Gasteiger charge is -2.28. The van der Waals surface area contributed by atoms with Gasteiger partial charge in [0.1, 0.15) is 12.2 Å². The van der Waals surface area contributed by atoms with Gasteiger partial charge in [-0.25, -0.2) is 4.79 Å². The molecule has 0 spiro atoms. The van der Waals surface area contributed by atoms with Gasteiger partial charge in [-0.3, -0.25) is 14.3 Å². The molecule has 1 saturated heterocycles. The molecule has 2 heterocycles. The Balaban J connectivity index is 2.36. The lowest BCUT2D eigenvalue weighted by molar-refractivity contribution is -0.129. The van der Waals surface area contributed by atoms with Crippen LogP contribution in [0.2, 0.25) is 0 Å². The predicted molar refractivity (Wildman–Crippen MR) is 87.1 cm³/mol. The first kappa shape index (κ1) is 18.9. The molecule has 2 rings (SSSR count). The summed E-state index contributed by atoms with van der Waals surface area (Å²) in [7, 11) is 1.58. The van der Waals surface area contributed by atoms with Crippen molar-refractivity contribution in [2.75, 3.05) is 7.11 Å². The van der Waals surface area contributed by atoms with Crippen molar-refractivity contribution in [3.8, 4) is 0 Å². The average molecular weight is 342 g/mol. The highest BCUT2D eigenvalue weighted by atomic mass is 16.6. The highest BCUT2D eigenvalue weighted by molar-refractivity contribution is 5.03. The third-order valence-electron chi connectivity index (χ3n) is 4.54. The Bertz CT molecular complexity index is 669. The largest absolute Gasteiger partial charge is 0.388 e. The number of ether oxygens (including phenoxy) is 3. The summed E-state index contributed by atoms with van der Waals surface area (Å²) in [5.74, 6) is 0. The summed E-state index contributed by atoms with van der Waals surface area (Å²) >= 11 is 0. The van der Waals surface area contributed by atoms with Crippen LogP contribution in [-0.2, 0) is 14.2 Å². The minimum atomic E-state index is -0.884. The van der Waals surface area contributed by atoms with Crippen molar-refractivity contribution in [3.05, 3.63) is 32.6 Å². The van der Waals surface area contributed by atoms with Crippen LogP contribution in [0.4, 0.5) is 0 Å². The smallest absolute Gasteiger partial charge is 0.330 e. The zero-order valence-corrected chi connectivity index (χ0v) is 14.7. The number of aliphatic hydroxyl groups is 1. The van der Waals surface area contributed by atoms with E-state index in [1.54, 1.807) is 14.0 Å². The zero-order valence-electron chi connectivity index (χ0n) is 14.7. The number of aliphatic hydroxyl groups excluding tert-OH is 1. The first-order chi connectivity index (χ1) is 11.3. The van der Waals surface area contributed by atoms with E-state index in [9.17, 15) is 14.7 Å². The Morgan fingerprint density at radius 1 is 1.38 bits per heavy atom. The van der Waals surface area contributed by atoms with E-state index in [4.69, 9.17) is 14.2 Å². The first-order valence-electron chi connectivity index (χ1n) is 8.14.